The molecule has 2 N–H and O–H groups in total. The van der Waals surface area contributed by atoms with Crippen molar-refractivity contribution in [2.45, 2.75) is 32.4 Å². The van der Waals surface area contributed by atoms with E-state index in [9.17, 15) is 14.4 Å². The number of anilines is 2. The van der Waals surface area contributed by atoms with Crippen molar-refractivity contribution in [3.05, 3.63) is 89.2 Å². The Morgan fingerprint density at radius 1 is 1.00 bits per heavy atom. The largest absolute Gasteiger partial charge is 0.342 e. The lowest BCUT2D eigenvalue weighted by atomic mass is 10.0. The number of nitrogens with one attached hydrogen (secondary N) is 2. The zero-order valence-corrected chi connectivity index (χ0v) is 20.0. The second kappa shape index (κ2) is 8.34. The molecule has 0 radical (unpaired) electrons. The van der Waals surface area contributed by atoms with Gasteiger partial charge in [-0.25, -0.2) is 4.98 Å². The number of nitrogens with zero attached hydrogens (tertiary/aromatic N) is 3. The topological polar surface area (TPSA) is 98.4 Å². The fraction of sp³-hybridized carbons (Fsp3) is 0.214. The van der Waals surface area contributed by atoms with Gasteiger partial charge >= 0.3 is 0 Å². The molecular formula is C28H25N5O3. The maximum Gasteiger partial charge on any atom is 0.260 e. The van der Waals surface area contributed by atoms with Crippen LogP contribution in [0, 0.1) is 0 Å². The van der Waals surface area contributed by atoms with E-state index >= 15 is 0 Å². The zero-order chi connectivity index (χ0) is 25.0. The van der Waals surface area contributed by atoms with E-state index in [4.69, 9.17) is 0 Å². The molecule has 8 nitrogen and oxygen atoms in total. The molecule has 6 rings (SSSR count). The van der Waals surface area contributed by atoms with E-state index in [0.29, 0.717) is 22.5 Å². The van der Waals surface area contributed by atoms with E-state index in [1.807, 2.05) is 42.5 Å². The van der Waals surface area contributed by atoms with E-state index in [0.717, 1.165) is 22.4 Å². The van der Waals surface area contributed by atoms with Crippen LogP contribution in [0.5, 0.6) is 0 Å². The molecule has 0 saturated heterocycles. The summed E-state index contributed by atoms with van der Waals surface area (Å²) in [5.74, 6) is 0.625. The van der Waals surface area contributed by atoms with Gasteiger partial charge in [0.1, 0.15) is 12.0 Å². The molecule has 2 aliphatic heterocycles. The minimum absolute atomic E-state index is 0.0901. The molecule has 0 saturated carbocycles. The van der Waals surface area contributed by atoms with E-state index in [2.05, 4.69) is 29.1 Å². The highest BCUT2D eigenvalue weighted by Crippen LogP contribution is 2.45. The van der Waals surface area contributed by atoms with Gasteiger partial charge < -0.3 is 15.2 Å². The number of hydrogen-bond donors (Lipinski definition) is 2. The Labute approximate surface area is 207 Å². The van der Waals surface area contributed by atoms with Gasteiger partial charge in [0.2, 0.25) is 5.91 Å². The zero-order valence-electron chi connectivity index (χ0n) is 20.0. The van der Waals surface area contributed by atoms with Gasteiger partial charge in [-0.1, -0.05) is 44.2 Å². The maximum atomic E-state index is 13.5. The summed E-state index contributed by atoms with van der Waals surface area (Å²) < 4.78 is 0. The van der Waals surface area contributed by atoms with Gasteiger partial charge in [0.25, 0.3) is 11.8 Å². The number of carbonyl (C=O) groups excluding carboxylic acids is 3. The monoisotopic (exact) mass is 479 g/mol. The van der Waals surface area contributed by atoms with Crippen LogP contribution in [0.3, 0.4) is 0 Å². The van der Waals surface area contributed by atoms with Crippen LogP contribution in [0.25, 0.3) is 11.0 Å². The number of aromatic nitrogens is 2. The van der Waals surface area contributed by atoms with Gasteiger partial charge in [0.05, 0.1) is 22.3 Å². The number of para-hydroxylation sites is 1. The molecule has 36 heavy (non-hydrogen) atoms. The molecular weight excluding hydrogens is 454 g/mol. The molecule has 4 aromatic rings. The molecule has 1 aromatic heterocycles. The Hall–Kier alpha value is -4.46. The summed E-state index contributed by atoms with van der Waals surface area (Å²) in [5.41, 5.74) is 4.77. The smallest absolute Gasteiger partial charge is 0.260 e. The van der Waals surface area contributed by atoms with Crippen molar-refractivity contribution in [1.82, 2.24) is 14.9 Å². The van der Waals surface area contributed by atoms with Crippen LogP contribution in [0.15, 0.2) is 66.7 Å². The van der Waals surface area contributed by atoms with E-state index in [-0.39, 0.29) is 36.6 Å². The third-order valence-electron chi connectivity index (χ3n) is 6.79. The molecule has 2 aliphatic rings. The number of rotatable bonds is 5. The standard InChI is InChI=1S/C28H25N5O3/c1-16(2)25-30-21-12-11-17(15-22(21)31-25)29-24(34)13-14-32-26-18-7-3-4-8-19(18)28(36)33(26)23-10-6-5-9-20(23)27(32)35/h3-12,15-16,26H,13-14H2,1-2H3,(H,29,34)(H,30,31)/t26-/m1/s1. The molecule has 0 aliphatic carbocycles. The first-order valence-electron chi connectivity index (χ1n) is 12.0. The molecule has 1 atom stereocenters. The molecule has 8 heteroatoms. The molecule has 0 spiro atoms. The first-order chi connectivity index (χ1) is 17.4. The number of hydrogen-bond acceptors (Lipinski definition) is 4. The van der Waals surface area contributed by atoms with Gasteiger partial charge in [-0.3, -0.25) is 19.3 Å². The van der Waals surface area contributed by atoms with Crippen molar-refractivity contribution < 1.29 is 14.4 Å². The predicted molar refractivity (Wildman–Crippen MR) is 137 cm³/mol. The lowest BCUT2D eigenvalue weighted by Crippen LogP contribution is -2.48. The summed E-state index contributed by atoms with van der Waals surface area (Å²) in [6.45, 7) is 4.31. The molecule has 0 bridgehead atoms. The Bertz CT molecular complexity index is 1540. The van der Waals surface area contributed by atoms with Crippen LogP contribution in [-0.2, 0) is 4.79 Å². The Kier molecular flexibility index (Phi) is 5.10. The van der Waals surface area contributed by atoms with Crippen molar-refractivity contribution in [2.24, 2.45) is 0 Å². The third-order valence-corrected chi connectivity index (χ3v) is 6.79. The van der Waals surface area contributed by atoms with Crippen molar-refractivity contribution >= 4 is 40.1 Å². The van der Waals surface area contributed by atoms with Crippen LogP contribution >= 0.6 is 0 Å². The highest BCUT2D eigenvalue weighted by atomic mass is 16.2. The van der Waals surface area contributed by atoms with Crippen LogP contribution in [-0.4, -0.2) is 39.1 Å². The lowest BCUT2D eigenvalue weighted by Gasteiger charge is -2.40. The minimum Gasteiger partial charge on any atom is -0.342 e. The highest BCUT2D eigenvalue weighted by Gasteiger charge is 2.47. The number of amides is 3. The SMILES string of the molecule is CC(C)c1nc2ccc(NC(=O)CCN3C(=O)c4ccccc4N4C(=O)c5ccccc5[C@H]34)cc2[nH]1. The first-order valence-corrected chi connectivity index (χ1v) is 12.0. The van der Waals surface area contributed by atoms with E-state index in [1.54, 1.807) is 34.1 Å². The molecule has 180 valence electrons. The Morgan fingerprint density at radius 3 is 2.56 bits per heavy atom. The normalized spacial score (nSPS) is 16.4. The number of carbonyl (C=O) groups is 3. The molecule has 3 aromatic carbocycles. The van der Waals surface area contributed by atoms with Crippen LogP contribution in [0.2, 0.25) is 0 Å². The Balaban J connectivity index is 1.24. The van der Waals surface area contributed by atoms with Gasteiger partial charge in [-0.05, 0) is 36.4 Å². The third kappa shape index (κ3) is 3.45. The summed E-state index contributed by atoms with van der Waals surface area (Å²) >= 11 is 0. The quantitative estimate of drug-likeness (QED) is 0.428. The predicted octanol–water partition coefficient (Wildman–Crippen LogP) is 4.83. The summed E-state index contributed by atoms with van der Waals surface area (Å²) in [5, 5.41) is 2.93. The molecule has 3 heterocycles. The highest BCUT2D eigenvalue weighted by molar-refractivity contribution is 6.16. The number of aromatic amines is 1. The fourth-order valence-corrected chi connectivity index (χ4v) is 5.03. The van der Waals surface area contributed by atoms with E-state index in [1.165, 1.54) is 0 Å². The number of imidazole rings is 1. The second-order valence-electron chi connectivity index (χ2n) is 9.46. The molecule has 3 amide bonds. The van der Waals surface area contributed by atoms with E-state index < -0.39 is 6.17 Å². The van der Waals surface area contributed by atoms with Gasteiger partial charge in [-0.15, -0.1) is 0 Å². The van der Waals surface area contributed by atoms with Crippen LogP contribution in [0.1, 0.15) is 64.5 Å². The molecule has 0 unspecified atom stereocenters. The number of benzene rings is 3. The summed E-state index contributed by atoms with van der Waals surface area (Å²) in [6, 6.07) is 20.0. The average molecular weight is 480 g/mol. The first kappa shape index (κ1) is 22.0. The van der Waals surface area contributed by atoms with Gasteiger partial charge in [-0.2, -0.15) is 0 Å². The van der Waals surface area contributed by atoms with Crippen molar-refractivity contribution in [2.75, 3.05) is 16.8 Å². The van der Waals surface area contributed by atoms with Crippen molar-refractivity contribution in [1.29, 1.82) is 0 Å². The van der Waals surface area contributed by atoms with Crippen molar-refractivity contribution in [3.63, 3.8) is 0 Å². The van der Waals surface area contributed by atoms with Crippen molar-refractivity contribution in [3.8, 4) is 0 Å². The second-order valence-corrected chi connectivity index (χ2v) is 9.46. The van der Waals surface area contributed by atoms with Gasteiger partial charge in [0, 0.05) is 35.7 Å². The minimum atomic E-state index is -0.570. The Morgan fingerprint density at radius 2 is 1.75 bits per heavy atom. The summed E-state index contributed by atoms with van der Waals surface area (Å²) in [6.07, 6.45) is -0.480. The van der Waals surface area contributed by atoms with Crippen LogP contribution in [0.4, 0.5) is 11.4 Å². The maximum absolute atomic E-state index is 13.5. The summed E-state index contributed by atoms with van der Waals surface area (Å²) in [4.78, 5) is 50.8. The average Bonchev–Trinajstić information content (AvgIpc) is 3.43. The number of H-pyrrole nitrogens is 1. The van der Waals surface area contributed by atoms with Gasteiger partial charge in [0.15, 0.2) is 0 Å². The fourth-order valence-electron chi connectivity index (χ4n) is 5.03. The lowest BCUT2D eigenvalue weighted by molar-refractivity contribution is -0.116. The summed E-state index contributed by atoms with van der Waals surface area (Å²) in [7, 11) is 0. The number of fused-ring (bicyclic) bond motifs is 6. The van der Waals surface area contributed by atoms with Crippen LogP contribution < -0.4 is 10.2 Å². The molecule has 0 fully saturated rings.